The predicted molar refractivity (Wildman–Crippen MR) is 184 cm³/mol. The molecule has 0 fully saturated rings. The fourth-order valence-electron chi connectivity index (χ4n) is 4.78. The first-order valence-electron chi connectivity index (χ1n) is 15.6. The summed E-state index contributed by atoms with van der Waals surface area (Å²) in [6, 6.07) is 4.88. The van der Waals surface area contributed by atoms with Crippen LogP contribution >= 0.6 is 11.3 Å². The number of fused-ring (bicyclic) bond motifs is 1. The van der Waals surface area contributed by atoms with Crippen molar-refractivity contribution < 1.29 is 36.4 Å². The Morgan fingerprint density at radius 3 is 2.53 bits per heavy atom. The van der Waals surface area contributed by atoms with Gasteiger partial charge in [0, 0.05) is 31.6 Å². The number of guanidine groups is 1. The summed E-state index contributed by atoms with van der Waals surface area (Å²) in [5.41, 5.74) is 17.9. The molecule has 9 N–H and O–H groups in total. The van der Waals surface area contributed by atoms with E-state index in [1.54, 1.807) is 0 Å². The van der Waals surface area contributed by atoms with Gasteiger partial charge < -0.3 is 41.9 Å². The van der Waals surface area contributed by atoms with E-state index in [9.17, 15) is 18.0 Å². The minimum Gasteiger partial charge on any atom is -0.490 e. The molecule has 49 heavy (non-hydrogen) atoms. The lowest BCUT2D eigenvalue weighted by Crippen LogP contribution is -2.58. The average molecular weight is 727 g/mol. The zero-order valence-corrected chi connectivity index (χ0v) is 29.5. The van der Waals surface area contributed by atoms with Crippen molar-refractivity contribution in [2.24, 2.45) is 16.6 Å². The first-order valence-corrected chi connectivity index (χ1v) is 17.8. The summed E-state index contributed by atoms with van der Waals surface area (Å²) in [4.78, 5) is 38.3. The molecule has 18 nitrogen and oxygen atoms in total. The standard InChI is InChI=1S/C29H46N10O8S2/c1-20(29(2,3)39(19-40)47-49(42,43)44)34-26(41)25(24-18-48-27(32)35-24)36-46-15-14-45-23-7-6-22-17-38(13-8-21(22)16-23)28(33)37(11-4-9-30)12-5-10-31/h6-7,16,18-20,33H,4-5,8-15,17,30-31H2,1-3H3,(H2,32,35)(H,34,41)(H,42,43,44)/b33-28?,36-25-. The number of rotatable bonds is 19. The number of nitrogen functional groups attached to an aromatic ring is 1. The van der Waals surface area contributed by atoms with Crippen LogP contribution in [0.15, 0.2) is 28.7 Å². The Morgan fingerprint density at radius 1 is 1.24 bits per heavy atom. The number of amides is 2. The van der Waals surface area contributed by atoms with Crippen molar-refractivity contribution in [3.8, 4) is 5.75 Å². The number of ether oxygens (including phenoxy) is 1. The van der Waals surface area contributed by atoms with Gasteiger partial charge in [-0.2, -0.15) is 13.5 Å². The number of nitrogens with two attached hydrogens (primary N) is 3. The minimum absolute atomic E-state index is 0.0258. The zero-order valence-electron chi connectivity index (χ0n) is 27.8. The SMILES string of the molecule is CC(NC(=O)/C(=N\OCCOc1ccc2c(c1)CCN(C(=N)N(CCCN)CCCN)C2)c1csc(N)n1)C(C)(C)N(C=O)OS(=O)(=O)O. The third-order valence-corrected chi connectivity index (χ3v) is 8.90. The Bertz CT molecular complexity index is 1560. The van der Waals surface area contributed by atoms with Crippen LogP contribution in [0.4, 0.5) is 5.13 Å². The first-order chi connectivity index (χ1) is 23.2. The number of anilines is 1. The van der Waals surface area contributed by atoms with Gasteiger partial charge in [-0.05, 0) is 76.4 Å². The summed E-state index contributed by atoms with van der Waals surface area (Å²) in [6.45, 7) is 8.25. The molecule has 1 aliphatic rings. The molecule has 3 rings (SSSR count). The third kappa shape index (κ3) is 11.5. The lowest BCUT2D eigenvalue weighted by atomic mass is 9.95. The van der Waals surface area contributed by atoms with Crippen LogP contribution < -0.4 is 27.3 Å². The molecule has 0 saturated heterocycles. The van der Waals surface area contributed by atoms with Crippen molar-refractivity contribution in [3.05, 3.63) is 40.4 Å². The van der Waals surface area contributed by atoms with Crippen LogP contribution in [0.25, 0.3) is 0 Å². The largest absolute Gasteiger partial charge is 0.490 e. The molecule has 2 amide bonds. The van der Waals surface area contributed by atoms with E-state index in [4.69, 9.17) is 36.7 Å². The molecule has 0 spiro atoms. The number of benzene rings is 1. The van der Waals surface area contributed by atoms with Crippen molar-refractivity contribution in [2.75, 3.05) is 51.7 Å². The lowest BCUT2D eigenvalue weighted by Gasteiger charge is -2.37. The Labute approximate surface area is 289 Å². The quantitative estimate of drug-likeness (QED) is 0.0284. The van der Waals surface area contributed by atoms with Gasteiger partial charge in [0.2, 0.25) is 6.41 Å². The number of hydrogen-bond acceptors (Lipinski definition) is 14. The molecule has 1 atom stereocenters. The van der Waals surface area contributed by atoms with E-state index in [-0.39, 0.29) is 36.2 Å². The molecule has 0 radical (unpaired) electrons. The predicted octanol–water partition coefficient (Wildman–Crippen LogP) is 0.294. The highest BCUT2D eigenvalue weighted by Crippen LogP contribution is 2.25. The summed E-state index contributed by atoms with van der Waals surface area (Å²) >= 11 is 1.08. The molecule has 272 valence electrons. The second-order valence-electron chi connectivity index (χ2n) is 11.7. The number of carbonyl (C=O) groups is 2. The van der Waals surface area contributed by atoms with E-state index in [0.717, 1.165) is 41.7 Å². The summed E-state index contributed by atoms with van der Waals surface area (Å²) in [7, 11) is -5.01. The third-order valence-electron chi connectivity index (χ3n) is 7.88. The highest BCUT2D eigenvalue weighted by molar-refractivity contribution is 7.80. The van der Waals surface area contributed by atoms with Crippen LogP contribution in [-0.2, 0) is 42.1 Å². The van der Waals surface area contributed by atoms with Gasteiger partial charge in [-0.3, -0.25) is 19.6 Å². The molecule has 20 heteroatoms. The molecule has 1 aromatic carbocycles. The Morgan fingerprint density at radius 2 is 1.94 bits per heavy atom. The van der Waals surface area contributed by atoms with Crippen molar-refractivity contribution in [1.29, 1.82) is 5.41 Å². The Kier molecular flexibility index (Phi) is 14.5. The van der Waals surface area contributed by atoms with E-state index < -0.39 is 27.9 Å². The van der Waals surface area contributed by atoms with E-state index in [1.807, 2.05) is 23.1 Å². The van der Waals surface area contributed by atoms with Crippen LogP contribution in [0.2, 0.25) is 0 Å². The number of hydroxylamine groups is 2. The van der Waals surface area contributed by atoms with Gasteiger partial charge in [0.1, 0.15) is 18.1 Å². The van der Waals surface area contributed by atoms with Gasteiger partial charge in [0.25, 0.3) is 5.91 Å². The number of nitrogens with zero attached hydrogens (tertiary/aromatic N) is 5. The van der Waals surface area contributed by atoms with Gasteiger partial charge in [-0.15, -0.1) is 15.6 Å². The summed E-state index contributed by atoms with van der Waals surface area (Å²) in [6.07, 6.45) is 2.41. The summed E-state index contributed by atoms with van der Waals surface area (Å²) in [5.74, 6) is 0.352. The fraction of sp³-hybridized carbons (Fsp3) is 0.552. The highest BCUT2D eigenvalue weighted by Gasteiger charge is 2.38. The van der Waals surface area contributed by atoms with Crippen LogP contribution in [0.5, 0.6) is 5.75 Å². The molecule has 0 saturated carbocycles. The molecular formula is C29H46N10O8S2. The van der Waals surface area contributed by atoms with Gasteiger partial charge >= 0.3 is 10.4 Å². The number of carbonyl (C=O) groups excluding carboxylic acids is 2. The van der Waals surface area contributed by atoms with Crippen molar-refractivity contribution in [3.63, 3.8) is 0 Å². The molecule has 2 heterocycles. The molecule has 0 bridgehead atoms. The maximum Gasteiger partial charge on any atom is 0.418 e. The van der Waals surface area contributed by atoms with Crippen molar-refractivity contribution in [2.45, 2.75) is 58.2 Å². The normalized spacial score (nSPS) is 14.1. The molecule has 2 aromatic rings. The fourth-order valence-corrected chi connectivity index (χ4v) is 5.76. The monoisotopic (exact) mass is 726 g/mol. The van der Waals surface area contributed by atoms with Crippen LogP contribution in [0.1, 0.15) is 50.4 Å². The number of nitrogens with one attached hydrogen (secondary N) is 2. The smallest absolute Gasteiger partial charge is 0.418 e. The molecule has 1 aromatic heterocycles. The van der Waals surface area contributed by atoms with Crippen molar-refractivity contribution in [1.82, 2.24) is 25.2 Å². The van der Waals surface area contributed by atoms with Gasteiger partial charge in [-0.1, -0.05) is 11.2 Å². The molecule has 1 unspecified atom stereocenters. The molecule has 1 aliphatic heterocycles. The van der Waals surface area contributed by atoms with Crippen LogP contribution in [-0.4, -0.2) is 114 Å². The maximum atomic E-state index is 13.2. The topological polar surface area (TPSA) is 265 Å². The molecular weight excluding hydrogens is 681 g/mol. The lowest BCUT2D eigenvalue weighted by molar-refractivity contribution is -0.166. The number of oxime groups is 1. The van der Waals surface area contributed by atoms with Gasteiger partial charge in [-0.25, -0.2) is 4.98 Å². The van der Waals surface area contributed by atoms with E-state index in [0.29, 0.717) is 56.0 Å². The molecule has 0 aliphatic carbocycles. The summed E-state index contributed by atoms with van der Waals surface area (Å²) < 4.78 is 41.6. The second-order valence-corrected chi connectivity index (χ2v) is 13.6. The second kappa shape index (κ2) is 18.1. The van der Waals surface area contributed by atoms with E-state index in [2.05, 4.69) is 24.6 Å². The van der Waals surface area contributed by atoms with Gasteiger partial charge in [0.05, 0.1) is 11.6 Å². The minimum atomic E-state index is -5.01. The number of thiazole rings is 1. The zero-order chi connectivity index (χ0) is 36.2. The maximum absolute atomic E-state index is 13.2. The summed E-state index contributed by atoms with van der Waals surface area (Å²) in [5, 5.41) is 17.4. The van der Waals surface area contributed by atoms with Crippen molar-refractivity contribution >= 4 is 50.9 Å². The first kappa shape index (κ1) is 39.4. The average Bonchev–Trinajstić information content (AvgIpc) is 3.49. The van der Waals surface area contributed by atoms with Crippen LogP contribution in [0.3, 0.4) is 0 Å². The Balaban J connectivity index is 1.60. The van der Waals surface area contributed by atoms with E-state index in [1.165, 1.54) is 26.2 Å². The Hall–Kier alpha value is -4.08. The number of hydrogen-bond donors (Lipinski definition) is 6. The van der Waals surface area contributed by atoms with Crippen LogP contribution in [0, 0.1) is 5.41 Å². The van der Waals surface area contributed by atoms with Gasteiger partial charge in [0.15, 0.2) is 23.4 Å². The number of aromatic nitrogens is 1. The highest BCUT2D eigenvalue weighted by atomic mass is 32.3. The van der Waals surface area contributed by atoms with E-state index >= 15 is 0 Å².